The highest BCUT2D eigenvalue weighted by Gasteiger charge is 2.16. The highest BCUT2D eigenvalue weighted by molar-refractivity contribution is 9.10. The fourth-order valence-electron chi connectivity index (χ4n) is 1.34. The Morgan fingerprint density at radius 2 is 1.94 bits per heavy atom. The van der Waals surface area contributed by atoms with Gasteiger partial charge in [-0.05, 0) is 22.6 Å². The smallest absolute Gasteiger partial charge is 0.156 e. The zero-order valence-electron chi connectivity index (χ0n) is 8.28. The standard InChI is InChI=1S/C9H7BrF2N4/c1-2-8-13-14-15-16(8)9-6(11)3-5(10)4-7(9)12/h3-4H,2H2,1H3. The molecule has 4 nitrogen and oxygen atoms in total. The molecule has 1 aromatic carbocycles. The number of aryl methyl sites for hydroxylation is 1. The van der Waals surface area contributed by atoms with E-state index in [1.165, 1.54) is 12.1 Å². The van der Waals surface area contributed by atoms with E-state index in [0.29, 0.717) is 16.7 Å². The first-order valence-corrected chi connectivity index (χ1v) is 5.35. The van der Waals surface area contributed by atoms with Gasteiger partial charge in [-0.3, -0.25) is 0 Å². The van der Waals surface area contributed by atoms with Crippen molar-refractivity contribution in [1.82, 2.24) is 20.2 Å². The number of hydrogen-bond acceptors (Lipinski definition) is 3. The van der Waals surface area contributed by atoms with E-state index in [-0.39, 0.29) is 5.69 Å². The summed E-state index contributed by atoms with van der Waals surface area (Å²) in [5.41, 5.74) is -0.259. The van der Waals surface area contributed by atoms with Crippen LogP contribution in [0.4, 0.5) is 8.78 Å². The molecule has 0 bridgehead atoms. The molecule has 0 atom stereocenters. The Hall–Kier alpha value is -1.37. The van der Waals surface area contributed by atoms with Crippen molar-refractivity contribution in [3.05, 3.63) is 34.1 Å². The lowest BCUT2D eigenvalue weighted by Gasteiger charge is -2.06. The summed E-state index contributed by atoms with van der Waals surface area (Å²) in [4.78, 5) is 0. The van der Waals surface area contributed by atoms with Gasteiger partial charge < -0.3 is 0 Å². The van der Waals surface area contributed by atoms with Crippen LogP contribution < -0.4 is 0 Å². The number of nitrogens with zero attached hydrogens (tertiary/aromatic N) is 4. The SMILES string of the molecule is CCc1nnnn1-c1c(F)cc(Br)cc1F. The van der Waals surface area contributed by atoms with Crippen molar-refractivity contribution in [1.29, 1.82) is 0 Å². The Bertz CT molecular complexity index is 503. The van der Waals surface area contributed by atoms with Gasteiger partial charge in [0.15, 0.2) is 17.5 Å². The van der Waals surface area contributed by atoms with Crippen LogP contribution in [0.3, 0.4) is 0 Å². The molecule has 16 heavy (non-hydrogen) atoms. The minimum absolute atomic E-state index is 0.259. The molecule has 1 heterocycles. The fourth-order valence-corrected chi connectivity index (χ4v) is 1.74. The first-order valence-electron chi connectivity index (χ1n) is 4.55. The molecule has 0 saturated carbocycles. The van der Waals surface area contributed by atoms with E-state index in [9.17, 15) is 8.78 Å². The molecule has 0 radical (unpaired) electrons. The van der Waals surface area contributed by atoms with E-state index >= 15 is 0 Å². The van der Waals surface area contributed by atoms with Gasteiger partial charge in [0.2, 0.25) is 0 Å². The molecule has 2 rings (SSSR count). The predicted molar refractivity (Wildman–Crippen MR) is 56.1 cm³/mol. The lowest BCUT2D eigenvalue weighted by molar-refractivity contribution is 0.550. The van der Waals surface area contributed by atoms with Gasteiger partial charge in [-0.1, -0.05) is 22.9 Å². The van der Waals surface area contributed by atoms with Crippen molar-refractivity contribution >= 4 is 15.9 Å². The number of hydrogen-bond donors (Lipinski definition) is 0. The van der Waals surface area contributed by atoms with Crippen molar-refractivity contribution in [3.8, 4) is 5.69 Å². The van der Waals surface area contributed by atoms with Crippen LogP contribution in [0.1, 0.15) is 12.7 Å². The van der Waals surface area contributed by atoms with Crippen molar-refractivity contribution in [2.75, 3.05) is 0 Å². The molecule has 2 aromatic rings. The molecule has 7 heteroatoms. The van der Waals surface area contributed by atoms with Gasteiger partial charge in [-0.15, -0.1) is 5.10 Å². The maximum atomic E-state index is 13.6. The van der Waals surface area contributed by atoms with E-state index in [2.05, 4.69) is 31.5 Å². The number of tetrazole rings is 1. The highest BCUT2D eigenvalue weighted by Crippen LogP contribution is 2.22. The van der Waals surface area contributed by atoms with Crippen LogP contribution in [-0.4, -0.2) is 20.2 Å². The van der Waals surface area contributed by atoms with Gasteiger partial charge in [0.25, 0.3) is 0 Å². The first kappa shape index (κ1) is 11.1. The Kier molecular flexibility index (Phi) is 2.95. The van der Waals surface area contributed by atoms with Crippen LogP contribution in [0.5, 0.6) is 0 Å². The molecule has 0 unspecified atom stereocenters. The molecule has 0 amide bonds. The summed E-state index contributed by atoms with van der Waals surface area (Å²) in [6.45, 7) is 1.80. The van der Waals surface area contributed by atoms with Gasteiger partial charge in [0, 0.05) is 10.9 Å². The number of aromatic nitrogens is 4. The Balaban J connectivity index is 2.64. The minimum atomic E-state index is -0.714. The summed E-state index contributed by atoms with van der Waals surface area (Å²) in [5, 5.41) is 10.6. The van der Waals surface area contributed by atoms with Crippen LogP contribution in [-0.2, 0) is 6.42 Å². The maximum Gasteiger partial charge on any atom is 0.156 e. The molecule has 84 valence electrons. The molecule has 1 aromatic heterocycles. The summed E-state index contributed by atoms with van der Waals surface area (Å²) in [5.74, 6) is -1.03. The zero-order valence-corrected chi connectivity index (χ0v) is 9.87. The van der Waals surface area contributed by atoms with Gasteiger partial charge in [-0.2, -0.15) is 4.68 Å². The molecule has 0 aliphatic heterocycles. The molecule has 0 N–H and O–H groups in total. The molecule has 0 aliphatic rings. The summed E-state index contributed by atoms with van der Waals surface area (Å²) >= 11 is 3.01. The van der Waals surface area contributed by atoms with Crippen LogP contribution >= 0.6 is 15.9 Å². The highest BCUT2D eigenvalue weighted by atomic mass is 79.9. The summed E-state index contributed by atoms with van der Waals surface area (Å²) in [6, 6.07) is 2.33. The van der Waals surface area contributed by atoms with Crippen LogP contribution in [0.15, 0.2) is 16.6 Å². The second-order valence-corrected chi connectivity index (χ2v) is 3.99. The zero-order chi connectivity index (χ0) is 11.7. The monoisotopic (exact) mass is 288 g/mol. The Labute approximate surface area is 98.4 Å². The lowest BCUT2D eigenvalue weighted by atomic mass is 10.3. The first-order chi connectivity index (χ1) is 7.63. The van der Waals surface area contributed by atoms with Gasteiger partial charge in [-0.25, -0.2) is 8.78 Å². The Morgan fingerprint density at radius 1 is 1.31 bits per heavy atom. The average Bonchev–Trinajstić information content (AvgIpc) is 2.64. The molecule has 0 saturated heterocycles. The van der Waals surface area contributed by atoms with Gasteiger partial charge in [0.05, 0.1) is 0 Å². The molecular formula is C9H7BrF2N4. The third-order valence-electron chi connectivity index (χ3n) is 2.04. The van der Waals surface area contributed by atoms with Crippen LogP contribution in [0, 0.1) is 11.6 Å². The largest absolute Gasteiger partial charge is 0.204 e. The summed E-state index contributed by atoms with van der Waals surface area (Å²) in [7, 11) is 0. The van der Waals surface area contributed by atoms with Gasteiger partial charge >= 0.3 is 0 Å². The molecule has 0 fully saturated rings. The second kappa shape index (κ2) is 4.25. The van der Waals surface area contributed by atoms with Crippen LogP contribution in [0.2, 0.25) is 0 Å². The van der Waals surface area contributed by atoms with E-state index in [4.69, 9.17) is 0 Å². The topological polar surface area (TPSA) is 43.6 Å². The second-order valence-electron chi connectivity index (χ2n) is 3.08. The molecule has 0 spiro atoms. The van der Waals surface area contributed by atoms with Crippen molar-refractivity contribution < 1.29 is 8.78 Å². The molecule has 0 aliphatic carbocycles. The third-order valence-corrected chi connectivity index (χ3v) is 2.50. The number of rotatable bonds is 2. The molecular weight excluding hydrogens is 282 g/mol. The van der Waals surface area contributed by atoms with E-state index < -0.39 is 11.6 Å². The van der Waals surface area contributed by atoms with Crippen LogP contribution in [0.25, 0.3) is 5.69 Å². The lowest BCUT2D eigenvalue weighted by Crippen LogP contribution is -2.07. The maximum absolute atomic E-state index is 13.6. The Morgan fingerprint density at radius 3 is 2.50 bits per heavy atom. The average molecular weight is 289 g/mol. The normalized spacial score (nSPS) is 10.8. The quantitative estimate of drug-likeness (QED) is 0.851. The van der Waals surface area contributed by atoms with Gasteiger partial charge in [0.1, 0.15) is 5.69 Å². The minimum Gasteiger partial charge on any atom is -0.204 e. The van der Waals surface area contributed by atoms with E-state index in [1.807, 2.05) is 0 Å². The number of benzene rings is 1. The summed E-state index contributed by atoms with van der Waals surface area (Å²) < 4.78 is 28.6. The predicted octanol–water partition coefficient (Wildman–Crippen LogP) is 2.27. The van der Waals surface area contributed by atoms with Crippen molar-refractivity contribution in [2.24, 2.45) is 0 Å². The third kappa shape index (κ3) is 1.82. The van der Waals surface area contributed by atoms with E-state index in [1.54, 1.807) is 6.92 Å². The van der Waals surface area contributed by atoms with E-state index in [0.717, 1.165) is 4.68 Å². The number of halogens is 3. The summed E-state index contributed by atoms with van der Waals surface area (Å²) in [6.07, 6.45) is 0.488. The van der Waals surface area contributed by atoms with Crippen molar-refractivity contribution in [2.45, 2.75) is 13.3 Å². The van der Waals surface area contributed by atoms with Crippen molar-refractivity contribution in [3.63, 3.8) is 0 Å². The fraction of sp³-hybridized carbons (Fsp3) is 0.222.